The summed E-state index contributed by atoms with van der Waals surface area (Å²) in [7, 11) is 0. The third-order valence-electron chi connectivity index (χ3n) is 4.77. The Labute approximate surface area is 197 Å². The molecular weight excluding hydrogens is 440 g/mol. The Morgan fingerprint density at radius 1 is 1.03 bits per heavy atom. The van der Waals surface area contributed by atoms with Crippen LogP contribution in [0, 0.1) is 0 Å². The number of alkyl carbamates (subject to hydrolysis) is 1. The van der Waals surface area contributed by atoms with Crippen molar-refractivity contribution in [3.63, 3.8) is 0 Å². The van der Waals surface area contributed by atoms with Gasteiger partial charge in [0.25, 0.3) is 5.91 Å². The van der Waals surface area contributed by atoms with Crippen LogP contribution in [0.25, 0.3) is 0 Å². The molecule has 2 aromatic rings. The lowest BCUT2D eigenvalue weighted by Gasteiger charge is -2.23. The number of hydrogen-bond donors (Lipinski definition) is 2. The zero-order chi connectivity index (χ0) is 24.7. The summed E-state index contributed by atoms with van der Waals surface area (Å²) in [4.78, 5) is 48.2. The molecule has 1 aliphatic heterocycles. The van der Waals surface area contributed by atoms with Crippen LogP contribution in [0.5, 0.6) is 5.75 Å². The van der Waals surface area contributed by atoms with Gasteiger partial charge in [-0.05, 0) is 44.0 Å². The van der Waals surface area contributed by atoms with Crippen LogP contribution in [0.3, 0.4) is 0 Å². The largest absolute Gasteiger partial charge is 0.489 e. The van der Waals surface area contributed by atoms with E-state index in [0.29, 0.717) is 12.4 Å². The van der Waals surface area contributed by atoms with Crippen LogP contribution in [-0.4, -0.2) is 41.6 Å². The van der Waals surface area contributed by atoms with E-state index in [4.69, 9.17) is 14.2 Å². The van der Waals surface area contributed by atoms with Gasteiger partial charge in [-0.3, -0.25) is 14.9 Å². The summed E-state index contributed by atoms with van der Waals surface area (Å²) in [6.45, 7) is 5.51. The zero-order valence-corrected chi connectivity index (χ0v) is 19.3. The van der Waals surface area contributed by atoms with Crippen LogP contribution >= 0.6 is 0 Å². The molecule has 0 spiro atoms. The van der Waals surface area contributed by atoms with E-state index in [1.807, 2.05) is 30.3 Å². The third kappa shape index (κ3) is 7.61. The average Bonchev–Trinajstić information content (AvgIpc) is 3.08. The molecular formula is C25H28N2O7. The Morgan fingerprint density at radius 2 is 1.71 bits per heavy atom. The number of rotatable bonds is 8. The van der Waals surface area contributed by atoms with Crippen molar-refractivity contribution in [2.75, 3.05) is 0 Å². The zero-order valence-electron chi connectivity index (χ0n) is 19.3. The number of carbonyl (C=O) groups is 4. The second kappa shape index (κ2) is 10.8. The number of nitrogens with one attached hydrogen (secondary N) is 2. The van der Waals surface area contributed by atoms with Gasteiger partial charge in [0.05, 0.1) is 6.42 Å². The smallest absolute Gasteiger partial charge is 0.408 e. The number of carbonyl (C=O) groups excluding carboxylic acids is 4. The number of amides is 3. The fourth-order valence-corrected chi connectivity index (χ4v) is 3.19. The van der Waals surface area contributed by atoms with Crippen LogP contribution < -0.4 is 15.4 Å². The molecule has 1 fully saturated rings. The molecule has 180 valence electrons. The minimum absolute atomic E-state index is 0.0827. The maximum Gasteiger partial charge on any atom is 0.408 e. The van der Waals surface area contributed by atoms with E-state index < -0.39 is 41.6 Å². The van der Waals surface area contributed by atoms with Crippen molar-refractivity contribution in [2.45, 2.75) is 58.0 Å². The molecule has 0 saturated carbocycles. The predicted molar refractivity (Wildman–Crippen MR) is 122 cm³/mol. The molecule has 0 unspecified atom stereocenters. The van der Waals surface area contributed by atoms with E-state index >= 15 is 0 Å². The van der Waals surface area contributed by atoms with E-state index in [1.165, 1.54) is 0 Å². The predicted octanol–water partition coefficient (Wildman–Crippen LogP) is 2.66. The maximum absolute atomic E-state index is 12.8. The molecule has 9 nitrogen and oxygen atoms in total. The number of ether oxygens (including phenoxy) is 3. The lowest BCUT2D eigenvalue weighted by Crippen LogP contribution is -2.46. The third-order valence-corrected chi connectivity index (χ3v) is 4.77. The highest BCUT2D eigenvalue weighted by atomic mass is 16.6. The Hall–Kier alpha value is -3.88. The Kier molecular flexibility index (Phi) is 7.88. The van der Waals surface area contributed by atoms with Gasteiger partial charge in [-0.25, -0.2) is 9.59 Å². The first-order valence-electron chi connectivity index (χ1n) is 10.9. The minimum atomic E-state index is -1.23. The highest BCUT2D eigenvalue weighted by molar-refractivity contribution is 6.05. The lowest BCUT2D eigenvalue weighted by atomic mass is 10.1. The van der Waals surface area contributed by atoms with Crippen LogP contribution in [-0.2, 0) is 36.9 Å². The summed E-state index contributed by atoms with van der Waals surface area (Å²) in [6.07, 6.45) is -2.20. The van der Waals surface area contributed by atoms with E-state index in [0.717, 1.165) is 11.1 Å². The van der Waals surface area contributed by atoms with Gasteiger partial charge >= 0.3 is 12.1 Å². The van der Waals surface area contributed by atoms with Crippen LogP contribution in [0.1, 0.15) is 38.3 Å². The first kappa shape index (κ1) is 24.8. The lowest BCUT2D eigenvalue weighted by molar-refractivity contribution is -0.156. The first-order valence-corrected chi connectivity index (χ1v) is 10.9. The summed E-state index contributed by atoms with van der Waals surface area (Å²) in [6, 6.07) is 15.7. The van der Waals surface area contributed by atoms with E-state index in [1.54, 1.807) is 45.0 Å². The molecule has 0 bridgehead atoms. The molecule has 1 heterocycles. The summed E-state index contributed by atoms with van der Waals surface area (Å²) in [5.41, 5.74) is 0.982. The van der Waals surface area contributed by atoms with E-state index in [9.17, 15) is 19.2 Å². The molecule has 1 aliphatic rings. The van der Waals surface area contributed by atoms with Gasteiger partial charge in [-0.1, -0.05) is 42.5 Å². The molecule has 0 radical (unpaired) electrons. The molecule has 1 saturated heterocycles. The number of esters is 1. The summed E-state index contributed by atoms with van der Waals surface area (Å²) >= 11 is 0. The molecule has 2 aromatic carbocycles. The topological polar surface area (TPSA) is 120 Å². The second-order valence-corrected chi connectivity index (χ2v) is 8.86. The average molecular weight is 469 g/mol. The van der Waals surface area contributed by atoms with Crippen LogP contribution in [0.15, 0.2) is 54.6 Å². The highest BCUT2D eigenvalue weighted by Gasteiger charge is 2.36. The Morgan fingerprint density at radius 3 is 2.29 bits per heavy atom. The molecule has 3 amide bonds. The first-order chi connectivity index (χ1) is 16.1. The van der Waals surface area contributed by atoms with Crippen molar-refractivity contribution in [1.29, 1.82) is 0 Å². The van der Waals surface area contributed by atoms with Crippen LogP contribution in [0.4, 0.5) is 4.79 Å². The Balaban J connectivity index is 1.65. The summed E-state index contributed by atoms with van der Waals surface area (Å²) in [5.74, 6) is -1.40. The quantitative estimate of drug-likeness (QED) is 0.451. The molecule has 2 atom stereocenters. The van der Waals surface area contributed by atoms with Gasteiger partial charge in [0.1, 0.15) is 24.0 Å². The van der Waals surface area contributed by atoms with Gasteiger partial charge in [0.2, 0.25) is 5.91 Å². The number of imide groups is 1. The molecule has 0 aromatic heterocycles. The van der Waals surface area contributed by atoms with Crippen molar-refractivity contribution >= 4 is 23.9 Å². The standard InChI is InChI=1S/C25H28N2O7/c1-25(2,3)34-24(31)26-19(23(30)33-20-14-21(28)27-22(20)29)13-16-9-11-18(12-10-16)32-15-17-7-5-4-6-8-17/h4-12,19-20H,13-15H2,1-3H3,(H,26,31)(H,27,28,29)/t19-,20+/m0/s1. The summed E-state index contributed by atoms with van der Waals surface area (Å²) in [5, 5.41) is 4.58. The second-order valence-electron chi connectivity index (χ2n) is 8.86. The Bertz CT molecular complexity index is 1030. The SMILES string of the molecule is CC(C)(C)OC(=O)N[C@@H](Cc1ccc(OCc2ccccc2)cc1)C(=O)O[C@@H]1CC(=O)NC1=O. The van der Waals surface area contributed by atoms with Crippen molar-refractivity contribution in [2.24, 2.45) is 0 Å². The molecule has 3 rings (SSSR count). The van der Waals surface area contributed by atoms with Crippen LogP contribution in [0.2, 0.25) is 0 Å². The van der Waals surface area contributed by atoms with Crippen molar-refractivity contribution < 1.29 is 33.4 Å². The fraction of sp³-hybridized carbons (Fsp3) is 0.360. The van der Waals surface area contributed by atoms with Gasteiger partial charge in [-0.2, -0.15) is 0 Å². The highest BCUT2D eigenvalue weighted by Crippen LogP contribution is 2.17. The van der Waals surface area contributed by atoms with E-state index in [-0.39, 0.29) is 12.8 Å². The number of hydrogen-bond acceptors (Lipinski definition) is 7. The normalized spacial score (nSPS) is 16.4. The van der Waals surface area contributed by atoms with Gasteiger partial charge < -0.3 is 19.5 Å². The number of benzene rings is 2. The van der Waals surface area contributed by atoms with Gasteiger partial charge in [0.15, 0.2) is 6.10 Å². The maximum atomic E-state index is 12.8. The molecule has 34 heavy (non-hydrogen) atoms. The van der Waals surface area contributed by atoms with Gasteiger partial charge in [0, 0.05) is 6.42 Å². The van der Waals surface area contributed by atoms with Crippen molar-refractivity contribution in [3.05, 3.63) is 65.7 Å². The van der Waals surface area contributed by atoms with Gasteiger partial charge in [-0.15, -0.1) is 0 Å². The molecule has 2 N–H and O–H groups in total. The minimum Gasteiger partial charge on any atom is -0.489 e. The van der Waals surface area contributed by atoms with Crippen molar-refractivity contribution in [1.82, 2.24) is 10.6 Å². The van der Waals surface area contributed by atoms with E-state index in [2.05, 4.69) is 10.6 Å². The van der Waals surface area contributed by atoms with Crippen molar-refractivity contribution in [3.8, 4) is 5.75 Å². The molecule has 9 heteroatoms. The fourth-order valence-electron chi connectivity index (χ4n) is 3.19. The summed E-state index contributed by atoms with van der Waals surface area (Å²) < 4.78 is 16.2. The monoisotopic (exact) mass is 468 g/mol. The molecule has 0 aliphatic carbocycles.